The van der Waals surface area contributed by atoms with Gasteiger partial charge in [-0.3, -0.25) is 14.5 Å². The first-order valence-electron chi connectivity index (χ1n) is 12.2. The maximum Gasteiger partial charge on any atom is 0.301 e. The molecule has 1 fully saturated rings. The molecule has 36 heavy (non-hydrogen) atoms. The van der Waals surface area contributed by atoms with Crippen LogP contribution in [0.4, 0.5) is 5.13 Å². The van der Waals surface area contributed by atoms with Crippen LogP contribution < -0.4 is 4.90 Å². The minimum absolute atomic E-state index is 0.0784. The Balaban J connectivity index is 1.70. The van der Waals surface area contributed by atoms with E-state index in [-0.39, 0.29) is 11.3 Å². The number of aliphatic hydroxyl groups excluding tert-OH is 1. The Kier molecular flexibility index (Phi) is 6.22. The molecule has 0 bridgehead atoms. The predicted molar refractivity (Wildman–Crippen MR) is 145 cm³/mol. The third-order valence-electron chi connectivity index (χ3n) is 6.74. The molecular formula is C30H28N2O3S. The van der Waals surface area contributed by atoms with Gasteiger partial charge in [-0.05, 0) is 48.1 Å². The van der Waals surface area contributed by atoms with E-state index in [1.807, 2.05) is 55.5 Å². The molecule has 2 heterocycles. The van der Waals surface area contributed by atoms with Crippen LogP contribution in [0.25, 0.3) is 16.0 Å². The van der Waals surface area contributed by atoms with Crippen molar-refractivity contribution in [2.75, 3.05) is 4.90 Å². The molecule has 5 rings (SSSR count). The zero-order valence-corrected chi connectivity index (χ0v) is 21.6. The highest BCUT2D eigenvalue weighted by Gasteiger charge is 2.48. The van der Waals surface area contributed by atoms with Crippen molar-refractivity contribution in [2.45, 2.75) is 46.1 Å². The summed E-state index contributed by atoms with van der Waals surface area (Å²) in [5.74, 6) is -1.23. The minimum Gasteiger partial charge on any atom is -0.507 e. The first kappa shape index (κ1) is 23.9. The summed E-state index contributed by atoms with van der Waals surface area (Å²) in [6.45, 7) is 8.28. The second-order valence-corrected chi connectivity index (χ2v) is 10.5. The molecule has 0 unspecified atom stereocenters. The zero-order chi connectivity index (χ0) is 25.6. The lowest BCUT2D eigenvalue weighted by Gasteiger charge is -2.23. The molecule has 5 nitrogen and oxygen atoms in total. The number of carbonyl (C=O) groups excluding carboxylic acids is 2. The van der Waals surface area contributed by atoms with Gasteiger partial charge in [0.25, 0.3) is 5.78 Å². The van der Waals surface area contributed by atoms with Crippen molar-refractivity contribution >= 4 is 44.1 Å². The second kappa shape index (κ2) is 9.36. The quantitative estimate of drug-likeness (QED) is 0.185. The number of thiazole rings is 1. The number of rotatable bonds is 5. The summed E-state index contributed by atoms with van der Waals surface area (Å²) in [5.41, 5.74) is 5.48. The van der Waals surface area contributed by atoms with E-state index in [0.29, 0.717) is 16.6 Å². The van der Waals surface area contributed by atoms with Crippen LogP contribution >= 0.6 is 11.3 Å². The SMILES string of the molecule is CCc1ccc2nc(N3C(=O)C(=O)/C(=C(/O)c4ccc(C)cc4)[C@@H]3c3ccc(C(C)C)cc3)sc2c1. The molecule has 1 amide bonds. The van der Waals surface area contributed by atoms with E-state index in [0.717, 1.165) is 33.3 Å². The molecule has 0 aliphatic carbocycles. The predicted octanol–water partition coefficient (Wildman–Crippen LogP) is 6.92. The van der Waals surface area contributed by atoms with Crippen molar-refractivity contribution in [3.63, 3.8) is 0 Å². The third kappa shape index (κ3) is 4.11. The van der Waals surface area contributed by atoms with Crippen molar-refractivity contribution in [3.8, 4) is 0 Å². The van der Waals surface area contributed by atoms with Crippen molar-refractivity contribution in [1.82, 2.24) is 4.98 Å². The Labute approximate surface area is 214 Å². The zero-order valence-electron chi connectivity index (χ0n) is 20.8. The Morgan fingerprint density at radius 1 is 1.03 bits per heavy atom. The monoisotopic (exact) mass is 496 g/mol. The fraction of sp³-hybridized carbons (Fsp3) is 0.233. The van der Waals surface area contributed by atoms with Crippen molar-refractivity contribution in [3.05, 3.63) is 100 Å². The maximum absolute atomic E-state index is 13.5. The Morgan fingerprint density at radius 3 is 2.36 bits per heavy atom. The normalized spacial score (nSPS) is 17.5. The van der Waals surface area contributed by atoms with Gasteiger partial charge in [0.1, 0.15) is 5.76 Å². The van der Waals surface area contributed by atoms with Gasteiger partial charge < -0.3 is 5.11 Å². The molecule has 1 saturated heterocycles. The van der Waals surface area contributed by atoms with Gasteiger partial charge in [-0.2, -0.15) is 0 Å². The van der Waals surface area contributed by atoms with E-state index < -0.39 is 17.7 Å². The van der Waals surface area contributed by atoms with Gasteiger partial charge >= 0.3 is 5.91 Å². The van der Waals surface area contributed by atoms with E-state index >= 15 is 0 Å². The molecule has 3 aromatic carbocycles. The smallest absolute Gasteiger partial charge is 0.301 e. The standard InChI is InChI=1S/C30H28N2O3S/c1-5-19-8-15-23-24(16-19)36-30(31-23)32-26(21-13-11-20(12-14-21)17(2)3)25(28(34)29(32)35)27(33)22-9-6-18(4)7-10-22/h6-17,26,33H,5H2,1-4H3/b27-25+/t26-/m0/s1. The van der Waals surface area contributed by atoms with E-state index in [4.69, 9.17) is 4.98 Å². The Bertz CT molecular complexity index is 1500. The number of aliphatic hydroxyl groups is 1. The van der Waals surface area contributed by atoms with Gasteiger partial charge in [-0.1, -0.05) is 92.3 Å². The van der Waals surface area contributed by atoms with Gasteiger partial charge in [0.05, 0.1) is 21.8 Å². The highest BCUT2D eigenvalue weighted by Crippen LogP contribution is 2.44. The second-order valence-electron chi connectivity index (χ2n) is 9.51. The minimum atomic E-state index is -0.779. The molecular weight excluding hydrogens is 468 g/mol. The number of hydrogen-bond acceptors (Lipinski definition) is 5. The van der Waals surface area contributed by atoms with Crippen LogP contribution in [0.15, 0.2) is 72.3 Å². The van der Waals surface area contributed by atoms with Gasteiger partial charge in [0.2, 0.25) is 0 Å². The van der Waals surface area contributed by atoms with Crippen LogP contribution in [0.2, 0.25) is 0 Å². The molecule has 0 saturated carbocycles. The summed E-state index contributed by atoms with van der Waals surface area (Å²) in [6.07, 6.45) is 0.895. The molecule has 1 N–H and O–H groups in total. The molecule has 1 aromatic heterocycles. The highest BCUT2D eigenvalue weighted by atomic mass is 32.1. The Morgan fingerprint density at radius 2 is 1.72 bits per heavy atom. The molecule has 0 spiro atoms. The average Bonchev–Trinajstić information content (AvgIpc) is 3.41. The number of ketones is 1. The average molecular weight is 497 g/mol. The van der Waals surface area contributed by atoms with E-state index in [2.05, 4.69) is 26.8 Å². The maximum atomic E-state index is 13.5. The van der Waals surface area contributed by atoms with Crippen molar-refractivity contribution in [2.24, 2.45) is 0 Å². The summed E-state index contributed by atoms with van der Waals surface area (Å²) < 4.78 is 0.957. The van der Waals surface area contributed by atoms with Crippen LogP contribution in [0.5, 0.6) is 0 Å². The lowest BCUT2D eigenvalue weighted by Crippen LogP contribution is -2.29. The number of benzene rings is 3. The molecule has 182 valence electrons. The number of anilines is 1. The number of carbonyl (C=O) groups is 2. The number of nitrogens with zero attached hydrogens (tertiary/aromatic N) is 2. The number of aromatic nitrogens is 1. The van der Waals surface area contributed by atoms with E-state index in [9.17, 15) is 14.7 Å². The summed E-state index contributed by atoms with van der Waals surface area (Å²) in [6, 6.07) is 20.4. The topological polar surface area (TPSA) is 70.5 Å². The first-order chi connectivity index (χ1) is 17.3. The van der Waals surface area contributed by atoms with Crippen LogP contribution in [0.3, 0.4) is 0 Å². The molecule has 1 aliphatic heterocycles. The van der Waals surface area contributed by atoms with Crippen molar-refractivity contribution < 1.29 is 14.7 Å². The Hall–Kier alpha value is -3.77. The lowest BCUT2D eigenvalue weighted by atomic mass is 9.93. The van der Waals surface area contributed by atoms with Crippen LogP contribution in [-0.4, -0.2) is 21.8 Å². The van der Waals surface area contributed by atoms with Gasteiger partial charge in [-0.15, -0.1) is 0 Å². The summed E-state index contributed by atoms with van der Waals surface area (Å²) in [5, 5.41) is 11.8. The molecule has 0 radical (unpaired) electrons. The third-order valence-corrected chi connectivity index (χ3v) is 7.76. The van der Waals surface area contributed by atoms with Gasteiger partial charge in [-0.25, -0.2) is 4.98 Å². The summed E-state index contributed by atoms with van der Waals surface area (Å²) >= 11 is 1.39. The fourth-order valence-corrected chi connectivity index (χ4v) is 5.61. The van der Waals surface area contributed by atoms with E-state index in [1.54, 1.807) is 12.1 Å². The number of fused-ring (bicyclic) bond motifs is 1. The van der Waals surface area contributed by atoms with Crippen LogP contribution in [0, 0.1) is 6.92 Å². The fourth-order valence-electron chi connectivity index (χ4n) is 4.56. The lowest BCUT2D eigenvalue weighted by molar-refractivity contribution is -0.132. The summed E-state index contributed by atoms with van der Waals surface area (Å²) in [4.78, 5) is 33.0. The van der Waals surface area contributed by atoms with Crippen molar-refractivity contribution in [1.29, 1.82) is 0 Å². The summed E-state index contributed by atoms with van der Waals surface area (Å²) in [7, 11) is 0. The van der Waals surface area contributed by atoms with Gasteiger partial charge in [0, 0.05) is 5.56 Å². The number of aryl methyl sites for hydroxylation is 2. The van der Waals surface area contributed by atoms with Gasteiger partial charge in [0.15, 0.2) is 5.13 Å². The molecule has 1 atom stereocenters. The number of Topliss-reactive ketones (excluding diaryl/α,β-unsaturated/α-hetero) is 1. The van der Waals surface area contributed by atoms with Crippen LogP contribution in [-0.2, 0) is 16.0 Å². The molecule has 6 heteroatoms. The van der Waals surface area contributed by atoms with Crippen LogP contribution in [0.1, 0.15) is 60.5 Å². The number of amides is 1. The van der Waals surface area contributed by atoms with E-state index in [1.165, 1.54) is 21.8 Å². The molecule has 4 aromatic rings. The largest absolute Gasteiger partial charge is 0.507 e. The molecule has 1 aliphatic rings. The first-order valence-corrected chi connectivity index (χ1v) is 13.0. The number of hydrogen-bond donors (Lipinski definition) is 1. The highest BCUT2D eigenvalue weighted by molar-refractivity contribution is 7.22.